The molecule has 0 saturated carbocycles. The Kier molecular flexibility index (Phi) is 7.14. The molecule has 0 spiro atoms. The van der Waals surface area contributed by atoms with Crippen LogP contribution in [0.1, 0.15) is 40.0 Å². The normalized spacial score (nSPS) is 13.3. The summed E-state index contributed by atoms with van der Waals surface area (Å²) in [5.74, 6) is 0.103. The number of nitrogens with zero attached hydrogens (tertiary/aromatic N) is 1. The first-order valence-electron chi connectivity index (χ1n) is 5.48. The lowest BCUT2D eigenvalue weighted by atomic mass is 9.85. The predicted molar refractivity (Wildman–Crippen MR) is 73.1 cm³/mol. The van der Waals surface area contributed by atoms with E-state index in [9.17, 15) is 9.59 Å². The van der Waals surface area contributed by atoms with Crippen LogP contribution in [0.4, 0.5) is 0 Å². The molecule has 0 radical (unpaired) electrons. The van der Waals surface area contributed by atoms with E-state index in [0.717, 1.165) is 12.8 Å². The maximum Gasteiger partial charge on any atom is 0.219 e. The molecule has 16 heavy (non-hydrogen) atoms. The van der Waals surface area contributed by atoms with Crippen molar-refractivity contribution in [3.63, 3.8) is 0 Å². The average Bonchev–Trinajstić information content (AvgIpc) is 2.21. The van der Waals surface area contributed by atoms with Gasteiger partial charge in [-0.2, -0.15) is 0 Å². The summed E-state index contributed by atoms with van der Waals surface area (Å²) in [7, 11) is 0. The van der Waals surface area contributed by atoms with Crippen LogP contribution in [0.3, 0.4) is 0 Å². The summed E-state index contributed by atoms with van der Waals surface area (Å²) in [5.41, 5.74) is 5.00. The highest BCUT2D eigenvalue weighted by atomic mass is 127. The number of rotatable bonds is 7. The van der Waals surface area contributed by atoms with Crippen LogP contribution in [-0.4, -0.2) is 27.9 Å². The maximum absolute atomic E-state index is 12.1. The molecule has 1 atom stereocenters. The Hall–Kier alpha value is -0.170. The van der Waals surface area contributed by atoms with Crippen LogP contribution in [0.5, 0.6) is 0 Å². The van der Waals surface area contributed by atoms with Crippen molar-refractivity contribution in [3.8, 4) is 0 Å². The summed E-state index contributed by atoms with van der Waals surface area (Å²) in [4.78, 5) is 22.9. The van der Waals surface area contributed by atoms with E-state index in [0.29, 0.717) is 19.4 Å². The highest BCUT2D eigenvalue weighted by Crippen LogP contribution is 2.23. The van der Waals surface area contributed by atoms with Crippen LogP contribution >= 0.6 is 22.9 Å². The number of carbonyl (C=O) groups is 2. The van der Waals surface area contributed by atoms with Crippen molar-refractivity contribution in [1.82, 2.24) is 3.11 Å². The van der Waals surface area contributed by atoms with Gasteiger partial charge in [0.05, 0.1) is 22.9 Å². The number of amides is 1. The van der Waals surface area contributed by atoms with Crippen LogP contribution in [-0.2, 0) is 9.59 Å². The van der Waals surface area contributed by atoms with Crippen LogP contribution in [0, 0.1) is 5.41 Å². The van der Waals surface area contributed by atoms with Gasteiger partial charge < -0.3 is 5.73 Å². The molecule has 0 fully saturated rings. The SMILES string of the molecule is CC(C)(C)C(=O)C(CCCCN)N(I)C=O. The molecule has 0 aromatic rings. The van der Waals surface area contributed by atoms with Crippen LogP contribution in [0.25, 0.3) is 0 Å². The molecule has 0 aliphatic rings. The van der Waals surface area contributed by atoms with Gasteiger partial charge in [-0.3, -0.25) is 12.7 Å². The third-order valence-corrected chi connectivity index (χ3v) is 3.27. The minimum atomic E-state index is -0.417. The Labute approximate surface area is 111 Å². The third-order valence-electron chi connectivity index (χ3n) is 2.37. The van der Waals surface area contributed by atoms with Crippen molar-refractivity contribution < 1.29 is 9.59 Å². The zero-order valence-electron chi connectivity index (χ0n) is 10.2. The van der Waals surface area contributed by atoms with E-state index in [2.05, 4.69) is 0 Å². The maximum atomic E-state index is 12.1. The van der Waals surface area contributed by atoms with E-state index in [4.69, 9.17) is 5.73 Å². The van der Waals surface area contributed by atoms with Gasteiger partial charge in [0.15, 0.2) is 5.78 Å². The fraction of sp³-hybridized carbons (Fsp3) is 0.818. The molecular formula is C11H21IN2O2. The Morgan fingerprint density at radius 2 is 2.00 bits per heavy atom. The number of carbonyl (C=O) groups excluding carboxylic acids is 2. The molecule has 0 saturated heterocycles. The van der Waals surface area contributed by atoms with Crippen molar-refractivity contribution >= 4 is 35.1 Å². The lowest BCUT2D eigenvalue weighted by molar-refractivity contribution is -0.132. The van der Waals surface area contributed by atoms with Crippen molar-refractivity contribution in [2.75, 3.05) is 6.54 Å². The number of halogens is 1. The molecule has 0 rings (SSSR count). The molecular weight excluding hydrogens is 319 g/mol. The summed E-state index contributed by atoms with van der Waals surface area (Å²) in [5, 5.41) is 0. The summed E-state index contributed by atoms with van der Waals surface area (Å²) in [6.07, 6.45) is 3.15. The van der Waals surface area contributed by atoms with E-state index in [1.54, 1.807) is 0 Å². The van der Waals surface area contributed by atoms with Gasteiger partial charge in [0.1, 0.15) is 6.04 Å². The Bertz CT molecular complexity index is 239. The quantitative estimate of drug-likeness (QED) is 0.333. The zero-order valence-corrected chi connectivity index (χ0v) is 12.4. The molecule has 1 amide bonds. The molecule has 4 nitrogen and oxygen atoms in total. The van der Waals surface area contributed by atoms with Gasteiger partial charge in [-0.15, -0.1) is 0 Å². The van der Waals surface area contributed by atoms with E-state index >= 15 is 0 Å². The second-order valence-corrected chi connectivity index (χ2v) is 5.98. The highest BCUT2D eigenvalue weighted by molar-refractivity contribution is 14.1. The first kappa shape index (κ1) is 15.8. The summed E-state index contributed by atoms with van der Waals surface area (Å²) >= 11 is 1.89. The lowest BCUT2D eigenvalue weighted by Gasteiger charge is -2.28. The smallest absolute Gasteiger partial charge is 0.219 e. The van der Waals surface area contributed by atoms with Gasteiger partial charge in [0, 0.05) is 5.41 Å². The molecule has 1 unspecified atom stereocenters. The third kappa shape index (κ3) is 5.25. The van der Waals surface area contributed by atoms with Gasteiger partial charge in [-0.05, 0) is 25.8 Å². The number of unbranched alkanes of at least 4 members (excludes halogenated alkanes) is 1. The monoisotopic (exact) mass is 340 g/mol. The molecule has 94 valence electrons. The van der Waals surface area contributed by atoms with Gasteiger partial charge in [0.25, 0.3) is 0 Å². The van der Waals surface area contributed by atoms with E-state index in [-0.39, 0.29) is 11.8 Å². The van der Waals surface area contributed by atoms with Gasteiger partial charge in [-0.1, -0.05) is 20.8 Å². The Balaban J connectivity index is 4.54. The fourth-order valence-corrected chi connectivity index (χ4v) is 1.95. The van der Waals surface area contributed by atoms with Crippen LogP contribution in [0.2, 0.25) is 0 Å². The first-order valence-corrected chi connectivity index (χ1v) is 6.45. The second kappa shape index (κ2) is 7.21. The van der Waals surface area contributed by atoms with E-state index < -0.39 is 5.41 Å². The Morgan fingerprint density at radius 1 is 1.44 bits per heavy atom. The summed E-state index contributed by atoms with van der Waals surface area (Å²) in [6, 6.07) is -0.329. The molecule has 0 heterocycles. The summed E-state index contributed by atoms with van der Waals surface area (Å²) in [6.45, 7) is 6.25. The standard InChI is InChI=1S/C11H21IN2O2/c1-11(2,3)10(16)9(14(12)8-15)6-4-5-7-13/h8-9H,4-7,13H2,1-3H3. The lowest BCUT2D eigenvalue weighted by Crippen LogP contribution is -2.40. The number of ketones is 1. The molecule has 0 aromatic carbocycles. The molecule has 0 bridgehead atoms. The summed E-state index contributed by atoms with van der Waals surface area (Å²) < 4.78 is 1.43. The van der Waals surface area contributed by atoms with Crippen LogP contribution in [0.15, 0.2) is 0 Å². The number of Topliss-reactive ketones (excluding diaryl/α,β-unsaturated/α-hetero) is 1. The van der Waals surface area contributed by atoms with E-state index in [1.165, 1.54) is 3.11 Å². The van der Waals surface area contributed by atoms with E-state index in [1.807, 2.05) is 43.6 Å². The van der Waals surface area contributed by atoms with Crippen molar-refractivity contribution in [2.45, 2.75) is 46.1 Å². The first-order chi connectivity index (χ1) is 7.34. The zero-order chi connectivity index (χ0) is 12.8. The molecule has 5 heteroatoms. The molecule has 0 aliphatic heterocycles. The van der Waals surface area contributed by atoms with Crippen LogP contribution < -0.4 is 5.73 Å². The Morgan fingerprint density at radius 3 is 2.38 bits per heavy atom. The average molecular weight is 340 g/mol. The number of hydrogen-bond donors (Lipinski definition) is 1. The van der Waals surface area contributed by atoms with Crippen molar-refractivity contribution in [2.24, 2.45) is 11.1 Å². The highest BCUT2D eigenvalue weighted by Gasteiger charge is 2.32. The minimum Gasteiger partial charge on any atom is -0.330 e. The predicted octanol–water partition coefficient (Wildman–Crippen LogP) is 1.91. The minimum absolute atomic E-state index is 0.103. The molecule has 0 aliphatic carbocycles. The number of hydrogen-bond acceptors (Lipinski definition) is 3. The molecule has 2 N–H and O–H groups in total. The topological polar surface area (TPSA) is 63.4 Å². The van der Waals surface area contributed by atoms with Gasteiger partial charge in [-0.25, -0.2) is 0 Å². The fourth-order valence-electron chi connectivity index (χ4n) is 1.42. The number of nitrogens with two attached hydrogens (primary N) is 1. The van der Waals surface area contributed by atoms with Crippen molar-refractivity contribution in [3.05, 3.63) is 0 Å². The largest absolute Gasteiger partial charge is 0.330 e. The van der Waals surface area contributed by atoms with Gasteiger partial charge in [0.2, 0.25) is 6.41 Å². The second-order valence-electron chi connectivity index (χ2n) is 4.86. The molecule has 0 aromatic heterocycles. The van der Waals surface area contributed by atoms with Gasteiger partial charge >= 0.3 is 0 Å². The van der Waals surface area contributed by atoms with Crippen molar-refractivity contribution in [1.29, 1.82) is 0 Å².